The lowest BCUT2D eigenvalue weighted by molar-refractivity contribution is -0.949. The van der Waals surface area contributed by atoms with E-state index < -0.39 is 0 Å². The Kier molecular flexibility index (Phi) is 13.3. The zero-order valence-corrected chi connectivity index (χ0v) is 15.8. The number of hydrogen-bond acceptors (Lipinski definition) is 1. The van der Waals surface area contributed by atoms with Crippen LogP contribution in [0.25, 0.3) is 0 Å². The van der Waals surface area contributed by atoms with Gasteiger partial charge in [0, 0.05) is 0 Å². The molecule has 0 spiro atoms. The summed E-state index contributed by atoms with van der Waals surface area (Å²) in [4.78, 5) is 0. The van der Waals surface area contributed by atoms with Crippen molar-refractivity contribution in [1.82, 2.24) is 0 Å². The van der Waals surface area contributed by atoms with E-state index in [0.29, 0.717) is 0 Å². The largest absolute Gasteiger partial charge is 0.870 e. The van der Waals surface area contributed by atoms with Gasteiger partial charge in [-0.3, -0.25) is 0 Å². The molecular formula is C20H43NO. The first-order valence-corrected chi connectivity index (χ1v) is 10.1. The highest BCUT2D eigenvalue weighted by Crippen LogP contribution is 2.29. The smallest absolute Gasteiger partial charge is 0.0890 e. The Labute approximate surface area is 140 Å². The lowest BCUT2D eigenvalue weighted by Gasteiger charge is -2.45. The molecular weight excluding hydrogens is 270 g/mol. The van der Waals surface area contributed by atoms with Gasteiger partial charge >= 0.3 is 0 Å². The quantitative estimate of drug-likeness (QED) is 0.314. The molecule has 0 aromatic rings. The fraction of sp³-hybridized carbons (Fsp3) is 1.00. The first-order chi connectivity index (χ1) is 10.3. The number of rotatable bonds is 12. The molecule has 22 heavy (non-hydrogen) atoms. The standard InChI is InChI=1S/C20H42N.H2O/c1-4-7-8-9-10-11-12-16-19-21(5-2,6-3)20-17-14-13-15-18-20;/h20H,4-19H2,1-3H3;1H2/q+1;/p-1. The molecule has 0 aromatic carbocycles. The van der Waals surface area contributed by atoms with Gasteiger partial charge in [0.2, 0.25) is 0 Å². The van der Waals surface area contributed by atoms with E-state index in [-0.39, 0.29) is 5.48 Å². The maximum atomic E-state index is 2.43. The first kappa shape index (κ1) is 21.9. The van der Waals surface area contributed by atoms with Crippen LogP contribution in [0, 0.1) is 0 Å². The van der Waals surface area contributed by atoms with Crippen molar-refractivity contribution in [3.63, 3.8) is 0 Å². The predicted molar refractivity (Wildman–Crippen MR) is 97.6 cm³/mol. The van der Waals surface area contributed by atoms with Gasteiger partial charge in [-0.05, 0) is 52.4 Å². The van der Waals surface area contributed by atoms with Gasteiger partial charge in [-0.15, -0.1) is 0 Å². The molecule has 0 heterocycles. The SMILES string of the molecule is CCCCCCCCCC[N+](CC)(CC)C1CCCCC1.[OH-]. The first-order valence-electron chi connectivity index (χ1n) is 10.1. The van der Waals surface area contributed by atoms with Crippen molar-refractivity contribution in [2.45, 2.75) is 110 Å². The van der Waals surface area contributed by atoms with E-state index >= 15 is 0 Å². The van der Waals surface area contributed by atoms with Crippen molar-refractivity contribution >= 4 is 0 Å². The second-order valence-electron chi connectivity index (χ2n) is 7.34. The third-order valence-electron chi connectivity index (χ3n) is 6.07. The van der Waals surface area contributed by atoms with Crippen molar-refractivity contribution in [3.05, 3.63) is 0 Å². The summed E-state index contributed by atoms with van der Waals surface area (Å²) in [5, 5.41) is 0. The second-order valence-corrected chi connectivity index (χ2v) is 7.34. The third-order valence-corrected chi connectivity index (χ3v) is 6.07. The second kappa shape index (κ2) is 13.4. The van der Waals surface area contributed by atoms with Gasteiger partial charge in [0.05, 0.1) is 25.7 Å². The molecule has 0 amide bonds. The van der Waals surface area contributed by atoms with Crippen molar-refractivity contribution in [2.75, 3.05) is 19.6 Å². The Bertz CT molecular complexity index is 232. The van der Waals surface area contributed by atoms with Crippen molar-refractivity contribution in [3.8, 4) is 0 Å². The molecule has 0 atom stereocenters. The lowest BCUT2D eigenvalue weighted by Crippen LogP contribution is -2.56. The van der Waals surface area contributed by atoms with Gasteiger partial charge in [-0.2, -0.15) is 0 Å². The fourth-order valence-corrected chi connectivity index (χ4v) is 4.43. The lowest BCUT2D eigenvalue weighted by atomic mass is 9.91. The van der Waals surface area contributed by atoms with Crippen molar-refractivity contribution in [2.24, 2.45) is 0 Å². The average molecular weight is 314 g/mol. The van der Waals surface area contributed by atoms with E-state index in [1.807, 2.05) is 0 Å². The molecule has 134 valence electrons. The number of quaternary nitrogens is 1. The summed E-state index contributed by atoms with van der Waals surface area (Å²) in [6, 6.07) is 0.985. The Morgan fingerprint density at radius 2 is 1.18 bits per heavy atom. The Morgan fingerprint density at radius 3 is 1.68 bits per heavy atom. The van der Waals surface area contributed by atoms with E-state index in [2.05, 4.69) is 20.8 Å². The molecule has 0 aromatic heterocycles. The van der Waals surface area contributed by atoms with Crippen LogP contribution in [0.1, 0.15) is 104 Å². The van der Waals surface area contributed by atoms with Crippen LogP contribution in [-0.4, -0.2) is 35.6 Å². The van der Waals surface area contributed by atoms with E-state index in [1.165, 1.54) is 108 Å². The molecule has 2 heteroatoms. The zero-order valence-electron chi connectivity index (χ0n) is 15.8. The third kappa shape index (κ3) is 7.46. The molecule has 2 nitrogen and oxygen atoms in total. The van der Waals surface area contributed by atoms with Crippen LogP contribution in [-0.2, 0) is 0 Å². The van der Waals surface area contributed by atoms with Gasteiger partial charge in [0.15, 0.2) is 0 Å². The molecule has 0 saturated heterocycles. The molecule has 1 fully saturated rings. The molecule has 1 N–H and O–H groups in total. The summed E-state index contributed by atoms with van der Waals surface area (Å²) in [6.07, 6.45) is 19.1. The monoisotopic (exact) mass is 313 g/mol. The normalized spacial score (nSPS) is 16.5. The summed E-state index contributed by atoms with van der Waals surface area (Å²) in [5.74, 6) is 0. The molecule has 0 unspecified atom stereocenters. The van der Waals surface area contributed by atoms with E-state index in [9.17, 15) is 0 Å². The van der Waals surface area contributed by atoms with Gasteiger partial charge in [0.25, 0.3) is 0 Å². The average Bonchev–Trinajstić information content (AvgIpc) is 2.55. The number of hydrogen-bond donors (Lipinski definition) is 0. The molecule has 1 aliphatic carbocycles. The molecule has 0 radical (unpaired) electrons. The molecule has 1 saturated carbocycles. The van der Waals surface area contributed by atoms with Crippen molar-refractivity contribution in [1.29, 1.82) is 0 Å². The van der Waals surface area contributed by atoms with E-state index in [4.69, 9.17) is 0 Å². The zero-order chi connectivity index (χ0) is 15.4. The minimum Gasteiger partial charge on any atom is -0.870 e. The topological polar surface area (TPSA) is 30.0 Å². The van der Waals surface area contributed by atoms with Crippen LogP contribution in [0.2, 0.25) is 0 Å². The minimum absolute atomic E-state index is 0. The van der Waals surface area contributed by atoms with Crippen LogP contribution in [0.15, 0.2) is 0 Å². The predicted octanol–water partition coefficient (Wildman–Crippen LogP) is 6.14. The summed E-state index contributed by atoms with van der Waals surface area (Å²) < 4.78 is 1.43. The summed E-state index contributed by atoms with van der Waals surface area (Å²) in [5.41, 5.74) is 0. The highest BCUT2D eigenvalue weighted by molar-refractivity contribution is 4.67. The Balaban J connectivity index is 0.00000441. The maximum Gasteiger partial charge on any atom is 0.0890 e. The van der Waals surface area contributed by atoms with Gasteiger partial charge in [-0.1, -0.05) is 51.9 Å². The number of unbranched alkanes of at least 4 members (excludes halogenated alkanes) is 7. The van der Waals surface area contributed by atoms with Crippen molar-refractivity contribution < 1.29 is 9.96 Å². The summed E-state index contributed by atoms with van der Waals surface area (Å²) >= 11 is 0. The van der Waals surface area contributed by atoms with Crippen LogP contribution in [0.5, 0.6) is 0 Å². The van der Waals surface area contributed by atoms with Gasteiger partial charge in [-0.25, -0.2) is 0 Å². The minimum atomic E-state index is 0. The fourth-order valence-electron chi connectivity index (χ4n) is 4.43. The molecule has 0 bridgehead atoms. The maximum absolute atomic E-state index is 2.43. The highest BCUT2D eigenvalue weighted by Gasteiger charge is 2.34. The Hall–Kier alpha value is -0.0800. The van der Waals surface area contributed by atoms with E-state index in [0.717, 1.165) is 6.04 Å². The van der Waals surface area contributed by atoms with Gasteiger partial charge < -0.3 is 9.96 Å². The summed E-state index contributed by atoms with van der Waals surface area (Å²) in [7, 11) is 0. The van der Waals surface area contributed by atoms with E-state index in [1.54, 1.807) is 0 Å². The molecule has 1 rings (SSSR count). The number of nitrogens with zero attached hydrogens (tertiary/aromatic N) is 1. The summed E-state index contributed by atoms with van der Waals surface area (Å²) in [6.45, 7) is 11.3. The van der Waals surface area contributed by atoms with Crippen LogP contribution < -0.4 is 0 Å². The molecule has 1 aliphatic rings. The van der Waals surface area contributed by atoms with Crippen LogP contribution >= 0.6 is 0 Å². The van der Waals surface area contributed by atoms with Gasteiger partial charge in [0.1, 0.15) is 0 Å². The highest BCUT2D eigenvalue weighted by atomic mass is 16.0. The van der Waals surface area contributed by atoms with Crippen LogP contribution in [0.4, 0.5) is 0 Å². The molecule has 0 aliphatic heterocycles. The van der Waals surface area contributed by atoms with Crippen LogP contribution in [0.3, 0.4) is 0 Å². The Morgan fingerprint density at radius 1 is 0.682 bits per heavy atom.